The molecule has 1 amide bonds. The van der Waals surface area contributed by atoms with Gasteiger partial charge >= 0.3 is 0 Å². The van der Waals surface area contributed by atoms with Crippen LogP contribution in [0.4, 0.5) is 0 Å². The normalized spacial score (nSPS) is 22.0. The average Bonchev–Trinajstić information content (AvgIpc) is 2.61. The number of aryl methyl sites for hydroxylation is 1. The summed E-state index contributed by atoms with van der Waals surface area (Å²) in [5.41, 5.74) is 2.72. The maximum Gasteiger partial charge on any atom is 0.223 e. The van der Waals surface area contributed by atoms with E-state index in [-0.39, 0.29) is 0 Å². The van der Waals surface area contributed by atoms with Crippen LogP contribution in [0.3, 0.4) is 0 Å². The molecule has 4 heteroatoms. The number of hydrogen-bond acceptors (Lipinski definition) is 3. The van der Waals surface area contributed by atoms with Gasteiger partial charge in [0.15, 0.2) is 0 Å². The van der Waals surface area contributed by atoms with E-state index in [0.717, 1.165) is 50.9 Å². The molecule has 1 aromatic rings. The van der Waals surface area contributed by atoms with Gasteiger partial charge in [-0.05, 0) is 81.4 Å². The molecule has 1 fully saturated rings. The molecule has 3 rings (SSSR count). The number of amides is 1. The number of rotatable bonds is 4. The van der Waals surface area contributed by atoms with Crippen molar-refractivity contribution in [2.24, 2.45) is 0 Å². The van der Waals surface area contributed by atoms with Crippen LogP contribution in [0.1, 0.15) is 49.1 Å². The quantitative estimate of drug-likeness (QED) is 0.850. The van der Waals surface area contributed by atoms with Gasteiger partial charge in [0.2, 0.25) is 5.91 Å². The number of fused-ring (bicyclic) bond motifs is 1. The number of piperidine rings is 1. The Kier molecular flexibility index (Phi) is 5.44. The number of carbonyl (C=O) groups is 1. The second kappa shape index (κ2) is 7.56. The molecule has 0 spiro atoms. The second-order valence-corrected chi connectivity index (χ2v) is 7.40. The van der Waals surface area contributed by atoms with Crippen molar-refractivity contribution in [3.63, 3.8) is 0 Å². The summed E-state index contributed by atoms with van der Waals surface area (Å²) >= 11 is 0. The number of methoxy groups -OCH3 is 1. The molecule has 1 saturated heterocycles. The highest BCUT2D eigenvalue weighted by Crippen LogP contribution is 2.36. The average molecular weight is 330 g/mol. The minimum Gasteiger partial charge on any atom is -0.497 e. The van der Waals surface area contributed by atoms with Gasteiger partial charge in [-0.25, -0.2) is 0 Å². The number of ether oxygens (including phenoxy) is 1. The van der Waals surface area contributed by atoms with Crippen molar-refractivity contribution in [2.75, 3.05) is 34.3 Å². The largest absolute Gasteiger partial charge is 0.497 e. The van der Waals surface area contributed by atoms with Crippen LogP contribution in [0.5, 0.6) is 5.75 Å². The lowest BCUT2D eigenvalue weighted by molar-refractivity contribution is -0.133. The van der Waals surface area contributed by atoms with Crippen molar-refractivity contribution in [3.05, 3.63) is 29.3 Å². The third kappa shape index (κ3) is 3.75. The van der Waals surface area contributed by atoms with E-state index in [4.69, 9.17) is 4.74 Å². The fourth-order valence-electron chi connectivity index (χ4n) is 4.17. The second-order valence-electron chi connectivity index (χ2n) is 7.40. The molecule has 0 aromatic heterocycles. The summed E-state index contributed by atoms with van der Waals surface area (Å²) < 4.78 is 5.34. The van der Waals surface area contributed by atoms with Gasteiger partial charge in [0.05, 0.1) is 7.11 Å². The molecule has 0 saturated carbocycles. The van der Waals surface area contributed by atoms with Gasteiger partial charge in [0.25, 0.3) is 0 Å². The van der Waals surface area contributed by atoms with Crippen LogP contribution in [0, 0.1) is 0 Å². The molecule has 0 radical (unpaired) electrons. The summed E-state index contributed by atoms with van der Waals surface area (Å²) in [6.45, 7) is 2.18. The van der Waals surface area contributed by atoms with Gasteiger partial charge in [-0.15, -0.1) is 0 Å². The van der Waals surface area contributed by atoms with Crippen LogP contribution in [0.15, 0.2) is 18.2 Å². The summed E-state index contributed by atoms with van der Waals surface area (Å²) in [5.74, 6) is 1.59. The molecular formula is C20H30N2O2. The Labute approximate surface area is 145 Å². The zero-order chi connectivity index (χ0) is 17.1. The van der Waals surface area contributed by atoms with Crippen molar-refractivity contribution in [1.82, 2.24) is 9.80 Å². The Hall–Kier alpha value is -1.55. The van der Waals surface area contributed by atoms with Gasteiger partial charge in [-0.3, -0.25) is 4.79 Å². The van der Waals surface area contributed by atoms with E-state index in [9.17, 15) is 4.79 Å². The van der Waals surface area contributed by atoms with Gasteiger partial charge in [-0.2, -0.15) is 0 Å². The first kappa shape index (κ1) is 17.3. The molecule has 1 heterocycles. The van der Waals surface area contributed by atoms with Gasteiger partial charge in [0.1, 0.15) is 5.75 Å². The van der Waals surface area contributed by atoms with E-state index in [1.165, 1.54) is 11.1 Å². The number of likely N-dealkylation sites (tertiary alicyclic amines) is 1. The third-order valence-electron chi connectivity index (χ3n) is 5.84. The van der Waals surface area contributed by atoms with Crippen molar-refractivity contribution in [1.29, 1.82) is 0 Å². The Morgan fingerprint density at radius 1 is 1.29 bits per heavy atom. The lowest BCUT2D eigenvalue weighted by Gasteiger charge is -2.36. The van der Waals surface area contributed by atoms with Crippen LogP contribution >= 0.6 is 0 Å². The minimum absolute atomic E-state index is 0.304. The van der Waals surface area contributed by atoms with E-state index in [0.29, 0.717) is 24.3 Å². The Balaban J connectivity index is 1.65. The molecule has 1 atom stereocenters. The van der Waals surface area contributed by atoms with E-state index in [1.807, 2.05) is 18.0 Å². The summed E-state index contributed by atoms with van der Waals surface area (Å²) in [6, 6.07) is 6.75. The Bertz CT molecular complexity index is 579. The summed E-state index contributed by atoms with van der Waals surface area (Å²) in [6.07, 6.45) is 6.21. The predicted octanol–water partition coefficient (Wildman–Crippen LogP) is 3.06. The monoisotopic (exact) mass is 330 g/mol. The van der Waals surface area contributed by atoms with Crippen LogP contribution < -0.4 is 4.74 Å². The Morgan fingerprint density at radius 2 is 2.04 bits per heavy atom. The molecule has 1 aliphatic carbocycles. The molecule has 0 N–H and O–H groups in total. The first-order valence-electron chi connectivity index (χ1n) is 9.19. The van der Waals surface area contributed by atoms with E-state index in [2.05, 4.69) is 24.1 Å². The molecule has 2 aliphatic rings. The molecule has 132 valence electrons. The first-order chi connectivity index (χ1) is 11.6. The third-order valence-corrected chi connectivity index (χ3v) is 5.84. The molecule has 24 heavy (non-hydrogen) atoms. The molecule has 1 aromatic carbocycles. The van der Waals surface area contributed by atoms with Gasteiger partial charge in [-0.1, -0.05) is 6.07 Å². The highest BCUT2D eigenvalue weighted by atomic mass is 16.5. The standard InChI is InChI=1S/C20H30N2O2/c1-21-11-9-17(10-12-21)22(2)20(23)14-16-6-4-5-15-13-18(24-3)7-8-19(15)16/h7-8,13,16-17H,4-6,9-12,14H2,1-3H3/t16-/m0/s1. The number of carbonyl (C=O) groups excluding carboxylic acids is 1. The lowest BCUT2D eigenvalue weighted by atomic mass is 9.80. The summed E-state index contributed by atoms with van der Waals surface area (Å²) in [5, 5.41) is 0. The number of benzene rings is 1. The lowest BCUT2D eigenvalue weighted by Crippen LogP contribution is -2.44. The van der Waals surface area contributed by atoms with Crippen LogP contribution in [0.25, 0.3) is 0 Å². The van der Waals surface area contributed by atoms with Crippen LogP contribution in [-0.4, -0.2) is 56.0 Å². The highest BCUT2D eigenvalue weighted by molar-refractivity contribution is 5.77. The molecule has 0 unspecified atom stereocenters. The molecule has 4 nitrogen and oxygen atoms in total. The smallest absolute Gasteiger partial charge is 0.223 e. The van der Waals surface area contributed by atoms with E-state index >= 15 is 0 Å². The number of hydrogen-bond donors (Lipinski definition) is 0. The van der Waals surface area contributed by atoms with Crippen LogP contribution in [-0.2, 0) is 11.2 Å². The van der Waals surface area contributed by atoms with Crippen molar-refractivity contribution < 1.29 is 9.53 Å². The van der Waals surface area contributed by atoms with Gasteiger partial charge < -0.3 is 14.5 Å². The van der Waals surface area contributed by atoms with Crippen molar-refractivity contribution in [3.8, 4) is 5.75 Å². The van der Waals surface area contributed by atoms with E-state index < -0.39 is 0 Å². The summed E-state index contributed by atoms with van der Waals surface area (Å²) in [7, 11) is 5.86. The molecule has 1 aliphatic heterocycles. The van der Waals surface area contributed by atoms with Crippen LogP contribution in [0.2, 0.25) is 0 Å². The maximum absolute atomic E-state index is 12.8. The Morgan fingerprint density at radius 3 is 2.75 bits per heavy atom. The zero-order valence-electron chi connectivity index (χ0n) is 15.3. The topological polar surface area (TPSA) is 32.8 Å². The minimum atomic E-state index is 0.304. The summed E-state index contributed by atoms with van der Waals surface area (Å²) in [4.78, 5) is 17.2. The van der Waals surface area contributed by atoms with E-state index in [1.54, 1.807) is 7.11 Å². The highest BCUT2D eigenvalue weighted by Gasteiger charge is 2.28. The van der Waals surface area contributed by atoms with Crippen molar-refractivity contribution in [2.45, 2.75) is 50.5 Å². The predicted molar refractivity (Wildman–Crippen MR) is 96.6 cm³/mol. The SMILES string of the molecule is COc1ccc2c(c1)CCC[C@H]2CC(=O)N(C)C1CCN(C)CC1. The fraction of sp³-hybridized carbons (Fsp3) is 0.650. The zero-order valence-corrected chi connectivity index (χ0v) is 15.3. The maximum atomic E-state index is 12.8. The molecule has 0 bridgehead atoms. The van der Waals surface area contributed by atoms with Gasteiger partial charge in [0, 0.05) is 19.5 Å². The fourth-order valence-corrected chi connectivity index (χ4v) is 4.17. The van der Waals surface area contributed by atoms with Crippen molar-refractivity contribution >= 4 is 5.91 Å². The number of nitrogens with zero attached hydrogens (tertiary/aromatic N) is 2. The first-order valence-corrected chi connectivity index (χ1v) is 9.19. The molecular weight excluding hydrogens is 300 g/mol.